The molecule has 0 spiro atoms. The van der Waals surface area contributed by atoms with E-state index in [-0.39, 0.29) is 11.4 Å². The van der Waals surface area contributed by atoms with Crippen molar-refractivity contribution in [2.45, 2.75) is 50.1 Å². The summed E-state index contributed by atoms with van der Waals surface area (Å²) in [5.41, 5.74) is -0.393. The van der Waals surface area contributed by atoms with Crippen LogP contribution in [-0.2, 0) is 15.4 Å². The number of hydrogen-bond acceptors (Lipinski definition) is 6. The second kappa shape index (κ2) is 6.37. The van der Waals surface area contributed by atoms with E-state index in [0.717, 1.165) is 5.39 Å². The van der Waals surface area contributed by atoms with E-state index in [1.165, 1.54) is 6.26 Å². The molecule has 1 aliphatic rings. The van der Waals surface area contributed by atoms with Crippen LogP contribution >= 0.6 is 11.6 Å². The van der Waals surface area contributed by atoms with E-state index in [0.29, 0.717) is 41.2 Å². The average molecular weight is 385 g/mol. The molecule has 8 heteroatoms. The Morgan fingerprint density at radius 2 is 2.00 bits per heavy atom. The summed E-state index contributed by atoms with van der Waals surface area (Å²) in [7, 11) is -3.03. The number of sulfone groups is 1. The molecular weight excluding hydrogens is 364 g/mol. The fourth-order valence-electron chi connectivity index (χ4n) is 2.92. The number of rotatable bonds is 5. The van der Waals surface area contributed by atoms with Crippen LogP contribution in [0, 0.1) is 0 Å². The number of pyridine rings is 2. The quantitative estimate of drug-likeness (QED) is 0.797. The maximum Gasteiger partial charge on any atom is 0.223 e. The number of hydrogen-bond donors (Lipinski definition) is 1. The van der Waals surface area contributed by atoms with Crippen LogP contribution in [0.1, 0.15) is 38.7 Å². The molecule has 3 rings (SSSR count). The van der Waals surface area contributed by atoms with Crippen molar-refractivity contribution in [2.24, 2.45) is 0 Å². The Bertz CT molecular complexity index is 908. The molecule has 25 heavy (non-hydrogen) atoms. The van der Waals surface area contributed by atoms with E-state index in [1.807, 2.05) is 6.92 Å². The topological polar surface area (TPSA) is 89.4 Å². The lowest BCUT2D eigenvalue weighted by Gasteiger charge is -2.34. The van der Waals surface area contributed by atoms with Crippen molar-refractivity contribution in [1.82, 2.24) is 9.97 Å². The van der Waals surface area contributed by atoms with Crippen LogP contribution in [0.15, 0.2) is 18.5 Å². The Kier molecular flexibility index (Phi) is 4.68. The SMILES string of the molecule is CCC(C)(O)c1cnc(O[C@H]2C[C@@H](S(C)(=O)=O)C2)c2cnc(Cl)cc12. The van der Waals surface area contributed by atoms with Gasteiger partial charge in [0.1, 0.15) is 11.3 Å². The van der Waals surface area contributed by atoms with Gasteiger partial charge in [-0.25, -0.2) is 18.4 Å². The highest BCUT2D eigenvalue weighted by atomic mass is 35.5. The number of ether oxygens (including phenoxy) is 1. The molecule has 2 heterocycles. The maximum absolute atomic E-state index is 11.5. The van der Waals surface area contributed by atoms with Gasteiger partial charge in [-0.1, -0.05) is 18.5 Å². The number of aromatic nitrogens is 2. The molecule has 1 unspecified atom stereocenters. The summed E-state index contributed by atoms with van der Waals surface area (Å²) in [6.45, 7) is 3.61. The Labute approximate surface area is 152 Å². The molecule has 1 N–H and O–H groups in total. The Hall–Kier alpha value is -1.44. The summed E-state index contributed by atoms with van der Waals surface area (Å²) in [5.74, 6) is 0.381. The van der Waals surface area contributed by atoms with Crippen molar-refractivity contribution < 1.29 is 18.3 Å². The highest BCUT2D eigenvalue weighted by Crippen LogP contribution is 2.37. The molecule has 136 valence electrons. The number of fused-ring (bicyclic) bond motifs is 1. The Morgan fingerprint density at radius 3 is 2.60 bits per heavy atom. The summed E-state index contributed by atoms with van der Waals surface area (Å²) in [5, 5.41) is 12.0. The van der Waals surface area contributed by atoms with Gasteiger partial charge in [-0.15, -0.1) is 0 Å². The molecule has 1 fully saturated rings. The zero-order valence-corrected chi connectivity index (χ0v) is 15.9. The lowest BCUT2D eigenvalue weighted by Crippen LogP contribution is -2.42. The molecule has 0 aliphatic heterocycles. The predicted molar refractivity (Wildman–Crippen MR) is 96.7 cm³/mol. The van der Waals surface area contributed by atoms with Gasteiger partial charge >= 0.3 is 0 Å². The summed E-state index contributed by atoms with van der Waals surface area (Å²) >= 11 is 6.03. The molecule has 6 nitrogen and oxygen atoms in total. The molecule has 0 aromatic carbocycles. The molecule has 0 saturated heterocycles. The first kappa shape index (κ1) is 18.4. The third kappa shape index (κ3) is 3.59. The van der Waals surface area contributed by atoms with Crippen LogP contribution in [0.25, 0.3) is 10.8 Å². The van der Waals surface area contributed by atoms with Gasteiger partial charge in [0.2, 0.25) is 5.88 Å². The van der Waals surface area contributed by atoms with Gasteiger partial charge in [-0.2, -0.15) is 0 Å². The second-order valence-electron chi connectivity index (χ2n) is 6.82. The normalized spacial score (nSPS) is 23.1. The van der Waals surface area contributed by atoms with E-state index >= 15 is 0 Å². The van der Waals surface area contributed by atoms with E-state index in [9.17, 15) is 13.5 Å². The summed E-state index contributed by atoms with van der Waals surface area (Å²) in [4.78, 5) is 8.44. The number of nitrogens with zero attached hydrogens (tertiary/aromatic N) is 2. The highest BCUT2D eigenvalue weighted by molar-refractivity contribution is 7.91. The minimum atomic E-state index is -3.03. The zero-order valence-electron chi connectivity index (χ0n) is 14.4. The predicted octanol–water partition coefficient (Wildman–Crippen LogP) is 2.86. The summed E-state index contributed by atoms with van der Waals surface area (Å²) in [6, 6.07) is 1.69. The van der Waals surface area contributed by atoms with E-state index in [1.54, 1.807) is 25.4 Å². The van der Waals surface area contributed by atoms with E-state index in [2.05, 4.69) is 9.97 Å². The van der Waals surface area contributed by atoms with Crippen molar-refractivity contribution in [3.63, 3.8) is 0 Å². The van der Waals surface area contributed by atoms with Crippen molar-refractivity contribution >= 4 is 32.2 Å². The van der Waals surface area contributed by atoms with Crippen LogP contribution in [0.3, 0.4) is 0 Å². The fraction of sp³-hybridized carbons (Fsp3) is 0.529. The molecule has 2 aromatic heterocycles. The molecule has 1 aliphatic carbocycles. The lowest BCUT2D eigenvalue weighted by atomic mass is 9.91. The van der Waals surface area contributed by atoms with Gasteiger partial charge in [0.15, 0.2) is 9.84 Å². The van der Waals surface area contributed by atoms with Gasteiger partial charge in [0, 0.05) is 37.1 Å². The van der Waals surface area contributed by atoms with Crippen molar-refractivity contribution in [1.29, 1.82) is 0 Å². The van der Waals surface area contributed by atoms with Crippen LogP contribution < -0.4 is 4.74 Å². The molecule has 0 amide bonds. The maximum atomic E-state index is 11.5. The highest BCUT2D eigenvalue weighted by Gasteiger charge is 2.38. The largest absolute Gasteiger partial charge is 0.474 e. The van der Waals surface area contributed by atoms with Gasteiger partial charge < -0.3 is 9.84 Å². The second-order valence-corrected chi connectivity index (χ2v) is 9.53. The third-order valence-electron chi connectivity index (χ3n) is 4.91. The third-order valence-corrected chi connectivity index (χ3v) is 6.71. The van der Waals surface area contributed by atoms with Crippen LogP contribution in [0.5, 0.6) is 5.88 Å². The van der Waals surface area contributed by atoms with Gasteiger partial charge in [0.25, 0.3) is 0 Å². The molecule has 0 bridgehead atoms. The van der Waals surface area contributed by atoms with Gasteiger partial charge in [0.05, 0.1) is 16.2 Å². The van der Waals surface area contributed by atoms with Crippen molar-refractivity contribution in [3.8, 4) is 5.88 Å². The first-order chi connectivity index (χ1) is 11.6. The van der Waals surface area contributed by atoms with E-state index in [4.69, 9.17) is 16.3 Å². The minimum absolute atomic E-state index is 0.191. The van der Waals surface area contributed by atoms with Gasteiger partial charge in [-0.3, -0.25) is 0 Å². The van der Waals surface area contributed by atoms with Gasteiger partial charge in [-0.05, 0) is 24.8 Å². The minimum Gasteiger partial charge on any atom is -0.474 e. The Morgan fingerprint density at radius 1 is 1.32 bits per heavy atom. The molecule has 2 aromatic rings. The molecule has 1 saturated carbocycles. The monoisotopic (exact) mass is 384 g/mol. The first-order valence-corrected chi connectivity index (χ1v) is 10.5. The number of aliphatic hydroxyl groups is 1. The fourth-order valence-corrected chi connectivity index (χ4v) is 4.21. The molecular formula is C17H21ClN2O4S. The average Bonchev–Trinajstić information content (AvgIpc) is 2.48. The standard InChI is InChI=1S/C17H21ClN2O4S/c1-4-17(2,21)14-9-20-16(13-8-19-15(18)7-12(13)14)24-10-5-11(6-10)25(3,22)23/h7-11,21H,4-6H2,1-3H3/t10-,11+,17?. The smallest absolute Gasteiger partial charge is 0.223 e. The van der Waals surface area contributed by atoms with Crippen molar-refractivity contribution in [3.05, 3.63) is 29.2 Å². The number of halogens is 1. The van der Waals surface area contributed by atoms with E-state index < -0.39 is 15.4 Å². The van der Waals surface area contributed by atoms with Crippen LogP contribution in [0.2, 0.25) is 5.15 Å². The summed E-state index contributed by atoms with van der Waals surface area (Å²) in [6.07, 6.45) is 5.64. The first-order valence-electron chi connectivity index (χ1n) is 8.14. The summed E-state index contributed by atoms with van der Waals surface area (Å²) < 4.78 is 28.9. The lowest BCUT2D eigenvalue weighted by molar-refractivity contribution is 0.0541. The van der Waals surface area contributed by atoms with Crippen LogP contribution in [0.4, 0.5) is 0 Å². The zero-order chi connectivity index (χ0) is 18.4. The molecule has 0 radical (unpaired) electrons. The molecule has 1 atom stereocenters. The Balaban J connectivity index is 1.95. The van der Waals surface area contributed by atoms with Crippen LogP contribution in [-0.4, -0.2) is 41.1 Å². The van der Waals surface area contributed by atoms with Crippen molar-refractivity contribution in [2.75, 3.05) is 6.26 Å².